The highest BCUT2D eigenvalue weighted by Gasteiger charge is 2.36. The molecule has 0 radical (unpaired) electrons. The van der Waals surface area contributed by atoms with E-state index in [4.69, 9.17) is 37.5 Å². The fourth-order valence-corrected chi connectivity index (χ4v) is 4.78. The van der Waals surface area contributed by atoms with E-state index >= 15 is 0 Å². The third-order valence-electron chi connectivity index (χ3n) is 5.30. The molecule has 2 N–H and O–H groups in total. The van der Waals surface area contributed by atoms with Crippen molar-refractivity contribution in [1.82, 2.24) is 4.90 Å². The van der Waals surface area contributed by atoms with Crippen molar-refractivity contribution in [3.8, 4) is 11.3 Å². The first-order valence-corrected chi connectivity index (χ1v) is 12.8. The van der Waals surface area contributed by atoms with Gasteiger partial charge in [-0.2, -0.15) is 0 Å². The quantitative estimate of drug-likeness (QED) is 0.246. The van der Waals surface area contributed by atoms with Gasteiger partial charge in [-0.05, 0) is 61.2 Å². The molecule has 0 unspecified atom stereocenters. The molecule has 0 saturated carbocycles. The van der Waals surface area contributed by atoms with Crippen LogP contribution in [0.5, 0.6) is 0 Å². The van der Waals surface area contributed by atoms with Gasteiger partial charge in [0.25, 0.3) is 11.1 Å². The van der Waals surface area contributed by atoms with Gasteiger partial charge in [0, 0.05) is 17.3 Å². The van der Waals surface area contributed by atoms with Crippen LogP contribution in [0.4, 0.5) is 10.5 Å². The molecule has 2 aromatic carbocycles. The Labute approximate surface area is 235 Å². The predicted molar refractivity (Wildman–Crippen MR) is 145 cm³/mol. The van der Waals surface area contributed by atoms with Gasteiger partial charge in [0.2, 0.25) is 5.91 Å². The van der Waals surface area contributed by atoms with Gasteiger partial charge in [-0.25, -0.2) is 9.59 Å². The van der Waals surface area contributed by atoms with E-state index in [9.17, 15) is 24.0 Å². The van der Waals surface area contributed by atoms with Crippen LogP contribution < -0.4 is 5.32 Å². The molecule has 0 atom stereocenters. The van der Waals surface area contributed by atoms with Crippen molar-refractivity contribution in [2.45, 2.75) is 6.92 Å². The zero-order valence-electron chi connectivity index (χ0n) is 20.0. The molecule has 10 nitrogen and oxygen atoms in total. The van der Waals surface area contributed by atoms with Crippen molar-refractivity contribution in [3.05, 3.63) is 80.4 Å². The van der Waals surface area contributed by atoms with Crippen molar-refractivity contribution in [3.63, 3.8) is 0 Å². The van der Waals surface area contributed by atoms with Crippen LogP contribution in [0.3, 0.4) is 0 Å². The number of rotatable bonds is 8. The van der Waals surface area contributed by atoms with Gasteiger partial charge >= 0.3 is 11.9 Å². The molecule has 0 aliphatic carbocycles. The van der Waals surface area contributed by atoms with E-state index < -0.39 is 35.5 Å². The molecule has 1 saturated heterocycles. The fourth-order valence-electron chi connectivity index (χ4n) is 3.51. The Morgan fingerprint density at radius 3 is 2.51 bits per heavy atom. The number of thioether (sulfide) groups is 1. The number of nitrogens with zero attached hydrogens (tertiary/aromatic N) is 1. The number of anilines is 1. The van der Waals surface area contributed by atoms with Crippen molar-refractivity contribution in [2.24, 2.45) is 0 Å². The molecular weight excluding hydrogens is 571 g/mol. The average molecular weight is 589 g/mol. The Kier molecular flexibility index (Phi) is 8.44. The van der Waals surface area contributed by atoms with E-state index in [1.54, 1.807) is 19.1 Å². The number of hydrogen-bond acceptors (Lipinski definition) is 8. The predicted octanol–water partition coefficient (Wildman–Crippen LogP) is 5.80. The first-order valence-electron chi connectivity index (χ1n) is 11.2. The highest BCUT2D eigenvalue weighted by Crippen LogP contribution is 2.34. The highest BCUT2D eigenvalue weighted by molar-refractivity contribution is 8.18. The minimum atomic E-state index is -1.16. The second kappa shape index (κ2) is 11.8. The van der Waals surface area contributed by atoms with Crippen molar-refractivity contribution < 1.29 is 38.2 Å². The van der Waals surface area contributed by atoms with E-state index in [0.29, 0.717) is 23.1 Å². The van der Waals surface area contributed by atoms with Gasteiger partial charge in [0.05, 0.1) is 32.7 Å². The van der Waals surface area contributed by atoms with E-state index in [1.807, 2.05) is 0 Å². The second-order valence-corrected chi connectivity index (χ2v) is 9.74. The maximum Gasteiger partial charge on any atom is 0.339 e. The molecule has 1 aromatic heterocycles. The number of imide groups is 1. The number of hydrogen-bond donors (Lipinski definition) is 2. The maximum absolute atomic E-state index is 12.8. The topological polar surface area (TPSA) is 143 Å². The van der Waals surface area contributed by atoms with Gasteiger partial charge in [-0.1, -0.05) is 29.3 Å². The summed E-state index contributed by atoms with van der Waals surface area (Å²) in [5.41, 5.74) is 0.751. The molecule has 13 heteroatoms. The standard InChI is InChI=1S/C26H18Cl2N2O8S/c1-2-37-25(35)17-10-14(4-7-18(17)27)29-22(31)12-30-23(32)21(39-26(30)36)11-15-5-8-20(38-15)13-3-6-16(24(33)34)19(28)9-13/h3-11H,2,12H2,1H3,(H,29,31)(H,33,34)/b21-11-. The van der Waals surface area contributed by atoms with Crippen LogP contribution in [0.2, 0.25) is 10.0 Å². The number of aromatic carboxylic acids is 1. The summed E-state index contributed by atoms with van der Waals surface area (Å²) >= 11 is 12.7. The van der Waals surface area contributed by atoms with E-state index in [-0.39, 0.29) is 44.1 Å². The lowest BCUT2D eigenvalue weighted by Gasteiger charge is -2.13. The fraction of sp³-hybridized carbons (Fsp3) is 0.115. The van der Waals surface area contributed by atoms with Crippen LogP contribution >= 0.6 is 35.0 Å². The number of nitrogens with one attached hydrogen (secondary N) is 1. The van der Waals surface area contributed by atoms with Gasteiger partial charge in [-0.3, -0.25) is 19.3 Å². The molecule has 0 spiro atoms. The van der Waals surface area contributed by atoms with Crippen molar-refractivity contribution in [1.29, 1.82) is 0 Å². The number of amides is 3. The second-order valence-electron chi connectivity index (χ2n) is 7.93. The normalized spacial score (nSPS) is 14.1. The summed E-state index contributed by atoms with van der Waals surface area (Å²) in [6.45, 7) is 1.23. The third-order valence-corrected chi connectivity index (χ3v) is 6.85. The van der Waals surface area contributed by atoms with E-state index in [1.165, 1.54) is 42.5 Å². The lowest BCUT2D eigenvalue weighted by molar-refractivity contribution is -0.127. The number of esters is 1. The number of furan rings is 1. The Morgan fingerprint density at radius 1 is 1.05 bits per heavy atom. The Hall–Kier alpha value is -4.06. The summed E-state index contributed by atoms with van der Waals surface area (Å²) in [4.78, 5) is 61.9. The van der Waals surface area contributed by atoms with Crippen molar-refractivity contribution >= 4 is 75.7 Å². The molecule has 3 aromatic rings. The van der Waals surface area contributed by atoms with Crippen LogP contribution in [0, 0.1) is 0 Å². The largest absolute Gasteiger partial charge is 0.478 e. The summed E-state index contributed by atoms with van der Waals surface area (Å²) in [6.07, 6.45) is 1.37. The summed E-state index contributed by atoms with van der Waals surface area (Å²) in [5.74, 6) is -2.55. The molecule has 3 amide bonds. The van der Waals surface area contributed by atoms with E-state index in [2.05, 4.69) is 5.32 Å². The molecule has 2 heterocycles. The van der Waals surface area contributed by atoms with Gasteiger partial charge in [0.15, 0.2) is 0 Å². The number of carboxylic acids is 1. The van der Waals surface area contributed by atoms with Crippen LogP contribution in [0.1, 0.15) is 33.4 Å². The Bertz CT molecular complexity index is 1550. The number of carbonyl (C=O) groups excluding carboxylic acids is 4. The molecule has 0 bridgehead atoms. The zero-order valence-corrected chi connectivity index (χ0v) is 22.4. The number of ether oxygens (including phenoxy) is 1. The third kappa shape index (κ3) is 6.33. The summed E-state index contributed by atoms with van der Waals surface area (Å²) in [6, 6.07) is 11.7. The molecule has 1 aliphatic rings. The number of carboxylic acid groups (broad SMARTS) is 1. The van der Waals surface area contributed by atoms with Gasteiger partial charge in [0.1, 0.15) is 18.1 Å². The van der Waals surface area contributed by atoms with Gasteiger partial charge in [-0.15, -0.1) is 0 Å². The summed E-state index contributed by atoms with van der Waals surface area (Å²) in [5, 5.41) is 11.2. The monoisotopic (exact) mass is 588 g/mol. The zero-order chi connectivity index (χ0) is 28.3. The molecule has 1 aliphatic heterocycles. The number of benzene rings is 2. The average Bonchev–Trinajstić information content (AvgIpc) is 3.45. The Morgan fingerprint density at radius 2 is 1.82 bits per heavy atom. The SMILES string of the molecule is CCOC(=O)c1cc(NC(=O)CN2C(=O)S/C(=C\c3ccc(-c4ccc(C(=O)O)c(Cl)c4)o3)C2=O)ccc1Cl. The first-order chi connectivity index (χ1) is 18.6. The van der Waals surface area contributed by atoms with E-state index in [0.717, 1.165) is 4.90 Å². The smallest absolute Gasteiger partial charge is 0.339 e. The lowest BCUT2D eigenvalue weighted by atomic mass is 10.1. The summed E-state index contributed by atoms with van der Waals surface area (Å²) in [7, 11) is 0. The van der Waals surface area contributed by atoms with Crippen LogP contribution in [-0.4, -0.2) is 52.2 Å². The first kappa shape index (κ1) is 28.0. The minimum Gasteiger partial charge on any atom is -0.478 e. The molecule has 1 fully saturated rings. The van der Waals surface area contributed by atoms with Crippen LogP contribution in [0.25, 0.3) is 17.4 Å². The number of halogens is 2. The Balaban J connectivity index is 1.44. The van der Waals surface area contributed by atoms with Crippen LogP contribution in [-0.2, 0) is 14.3 Å². The van der Waals surface area contributed by atoms with Crippen LogP contribution in [0.15, 0.2) is 57.9 Å². The van der Waals surface area contributed by atoms with Gasteiger partial charge < -0.3 is 19.6 Å². The molecular formula is C26H18Cl2N2O8S. The highest BCUT2D eigenvalue weighted by atomic mass is 35.5. The molecule has 200 valence electrons. The number of carbonyl (C=O) groups is 5. The minimum absolute atomic E-state index is 0.0352. The maximum atomic E-state index is 12.8. The summed E-state index contributed by atoms with van der Waals surface area (Å²) < 4.78 is 10.7. The molecule has 4 rings (SSSR count). The van der Waals surface area contributed by atoms with Crippen molar-refractivity contribution in [2.75, 3.05) is 18.5 Å². The lowest BCUT2D eigenvalue weighted by Crippen LogP contribution is -2.36. The molecule has 39 heavy (non-hydrogen) atoms.